The number of methoxy groups -OCH3 is 1. The van der Waals surface area contributed by atoms with Crippen LogP contribution in [0.3, 0.4) is 0 Å². The van der Waals surface area contributed by atoms with E-state index >= 15 is 0 Å². The first-order valence-corrected chi connectivity index (χ1v) is 6.70. The molecule has 0 radical (unpaired) electrons. The lowest BCUT2D eigenvalue weighted by Crippen LogP contribution is -2.03. The van der Waals surface area contributed by atoms with Crippen molar-refractivity contribution in [1.82, 2.24) is 0 Å². The van der Waals surface area contributed by atoms with Crippen LogP contribution in [0.15, 0.2) is 18.2 Å². The number of aryl methyl sites for hydroxylation is 1. The highest BCUT2D eigenvalue weighted by atomic mass is 79.9. The standard InChI is InChI=1S/C12H14BrClO2/c1-16-12(15)11-6-9(3-2-4-13)5-10(7-11)8-14/h5-7H,2-4,8H2,1H3. The van der Waals surface area contributed by atoms with Crippen LogP contribution >= 0.6 is 27.5 Å². The minimum atomic E-state index is -0.313. The molecule has 0 aromatic heterocycles. The van der Waals surface area contributed by atoms with Gasteiger partial charge in [-0.15, -0.1) is 11.6 Å². The van der Waals surface area contributed by atoms with Gasteiger partial charge in [-0.25, -0.2) is 4.79 Å². The normalized spacial score (nSPS) is 10.2. The molecule has 0 aliphatic heterocycles. The number of carbonyl (C=O) groups is 1. The average molecular weight is 306 g/mol. The van der Waals surface area contributed by atoms with Crippen LogP contribution in [0, 0.1) is 0 Å². The molecule has 0 unspecified atom stereocenters. The van der Waals surface area contributed by atoms with Gasteiger partial charge in [-0.2, -0.15) is 0 Å². The van der Waals surface area contributed by atoms with E-state index in [2.05, 4.69) is 15.9 Å². The van der Waals surface area contributed by atoms with Crippen LogP contribution in [-0.2, 0) is 17.0 Å². The third-order valence-corrected chi connectivity index (χ3v) is 3.10. The Bertz CT molecular complexity index is 366. The van der Waals surface area contributed by atoms with E-state index < -0.39 is 0 Å². The Morgan fingerprint density at radius 3 is 2.62 bits per heavy atom. The molecule has 1 aromatic rings. The average Bonchev–Trinajstić information content (AvgIpc) is 2.34. The summed E-state index contributed by atoms with van der Waals surface area (Å²) in [6.45, 7) is 0. The van der Waals surface area contributed by atoms with E-state index in [0.29, 0.717) is 11.4 Å². The minimum absolute atomic E-state index is 0.313. The number of halogens is 2. The second-order valence-corrected chi connectivity index (χ2v) is 4.52. The third-order valence-electron chi connectivity index (χ3n) is 2.23. The van der Waals surface area contributed by atoms with Gasteiger partial charge in [0.15, 0.2) is 0 Å². The lowest BCUT2D eigenvalue weighted by Gasteiger charge is -2.06. The summed E-state index contributed by atoms with van der Waals surface area (Å²) in [7, 11) is 1.38. The highest BCUT2D eigenvalue weighted by Gasteiger charge is 2.08. The predicted octanol–water partition coefficient (Wildman–Crippen LogP) is 3.54. The molecule has 0 bridgehead atoms. The van der Waals surface area contributed by atoms with E-state index in [1.54, 1.807) is 6.07 Å². The van der Waals surface area contributed by atoms with Gasteiger partial charge >= 0.3 is 5.97 Å². The molecule has 0 fully saturated rings. The summed E-state index contributed by atoms with van der Waals surface area (Å²) in [5.41, 5.74) is 2.65. The van der Waals surface area contributed by atoms with Crippen molar-refractivity contribution in [2.75, 3.05) is 12.4 Å². The van der Waals surface area contributed by atoms with E-state index in [9.17, 15) is 4.79 Å². The molecular weight excluding hydrogens is 291 g/mol. The van der Waals surface area contributed by atoms with Crippen molar-refractivity contribution in [2.45, 2.75) is 18.7 Å². The second-order valence-electron chi connectivity index (χ2n) is 3.46. The minimum Gasteiger partial charge on any atom is -0.465 e. The van der Waals surface area contributed by atoms with Crippen molar-refractivity contribution in [3.63, 3.8) is 0 Å². The van der Waals surface area contributed by atoms with Crippen molar-refractivity contribution in [3.05, 3.63) is 34.9 Å². The maximum atomic E-state index is 11.4. The van der Waals surface area contributed by atoms with Crippen LogP contribution in [0.1, 0.15) is 27.9 Å². The summed E-state index contributed by atoms with van der Waals surface area (Å²) >= 11 is 9.18. The Kier molecular flexibility index (Phi) is 5.85. The smallest absolute Gasteiger partial charge is 0.337 e. The Balaban J connectivity index is 2.96. The molecule has 4 heteroatoms. The fourth-order valence-corrected chi connectivity index (χ4v) is 1.93. The lowest BCUT2D eigenvalue weighted by atomic mass is 10.0. The number of benzene rings is 1. The molecule has 1 aromatic carbocycles. The van der Waals surface area contributed by atoms with Crippen molar-refractivity contribution >= 4 is 33.5 Å². The number of carbonyl (C=O) groups excluding carboxylic acids is 1. The molecule has 88 valence electrons. The van der Waals surface area contributed by atoms with Gasteiger partial charge in [0.2, 0.25) is 0 Å². The quantitative estimate of drug-likeness (QED) is 0.614. The largest absolute Gasteiger partial charge is 0.465 e. The maximum absolute atomic E-state index is 11.4. The first-order valence-electron chi connectivity index (χ1n) is 5.04. The first-order chi connectivity index (χ1) is 7.71. The van der Waals surface area contributed by atoms with Crippen LogP contribution in [0.25, 0.3) is 0 Å². The van der Waals surface area contributed by atoms with E-state index in [4.69, 9.17) is 16.3 Å². The zero-order valence-corrected chi connectivity index (χ0v) is 11.5. The van der Waals surface area contributed by atoms with Gasteiger partial charge in [-0.3, -0.25) is 0 Å². The zero-order valence-electron chi connectivity index (χ0n) is 9.13. The first kappa shape index (κ1) is 13.5. The molecule has 16 heavy (non-hydrogen) atoms. The van der Waals surface area contributed by atoms with Gasteiger partial charge < -0.3 is 4.74 Å². The van der Waals surface area contributed by atoms with Crippen molar-refractivity contribution in [1.29, 1.82) is 0 Å². The molecule has 0 saturated carbocycles. The Hall–Kier alpha value is -0.540. The molecule has 0 N–H and O–H groups in total. The van der Waals surface area contributed by atoms with Crippen molar-refractivity contribution in [3.8, 4) is 0 Å². The number of hydrogen-bond acceptors (Lipinski definition) is 2. The van der Waals surface area contributed by atoms with Crippen LogP contribution in [0.4, 0.5) is 0 Å². The second kappa shape index (κ2) is 6.92. The van der Waals surface area contributed by atoms with Gasteiger partial charge in [-0.05, 0) is 36.1 Å². The summed E-state index contributed by atoms with van der Waals surface area (Å²) < 4.78 is 4.70. The fourth-order valence-electron chi connectivity index (χ4n) is 1.49. The Morgan fingerprint density at radius 2 is 2.06 bits per heavy atom. The number of esters is 1. The molecule has 0 aliphatic rings. The van der Waals surface area contributed by atoms with Gasteiger partial charge in [0.05, 0.1) is 12.7 Å². The number of alkyl halides is 2. The van der Waals surface area contributed by atoms with E-state index in [-0.39, 0.29) is 5.97 Å². The van der Waals surface area contributed by atoms with Crippen LogP contribution in [0.5, 0.6) is 0 Å². The molecule has 0 spiro atoms. The summed E-state index contributed by atoms with van der Waals surface area (Å²) in [6.07, 6.45) is 1.96. The Labute approximate surface area is 109 Å². The summed E-state index contributed by atoms with van der Waals surface area (Å²) in [4.78, 5) is 11.4. The van der Waals surface area contributed by atoms with E-state index in [0.717, 1.165) is 29.3 Å². The summed E-state index contributed by atoms with van der Waals surface area (Å²) in [5.74, 6) is 0.0960. The predicted molar refractivity (Wildman–Crippen MR) is 69.5 cm³/mol. The van der Waals surface area contributed by atoms with Gasteiger partial charge in [0.1, 0.15) is 0 Å². The van der Waals surface area contributed by atoms with Crippen molar-refractivity contribution < 1.29 is 9.53 Å². The summed E-state index contributed by atoms with van der Waals surface area (Å²) in [6, 6.07) is 5.67. The molecule has 1 rings (SSSR count). The molecular formula is C12H14BrClO2. The molecule has 0 heterocycles. The fraction of sp³-hybridized carbons (Fsp3) is 0.417. The highest BCUT2D eigenvalue weighted by Crippen LogP contribution is 2.15. The van der Waals surface area contributed by atoms with Crippen LogP contribution in [-0.4, -0.2) is 18.4 Å². The monoisotopic (exact) mass is 304 g/mol. The molecule has 0 atom stereocenters. The van der Waals surface area contributed by atoms with Crippen molar-refractivity contribution in [2.24, 2.45) is 0 Å². The third kappa shape index (κ3) is 3.80. The van der Waals surface area contributed by atoms with E-state index in [1.165, 1.54) is 7.11 Å². The molecule has 0 saturated heterocycles. The van der Waals surface area contributed by atoms with Crippen LogP contribution in [0.2, 0.25) is 0 Å². The van der Waals surface area contributed by atoms with Gasteiger partial charge in [-0.1, -0.05) is 22.0 Å². The topological polar surface area (TPSA) is 26.3 Å². The highest BCUT2D eigenvalue weighted by molar-refractivity contribution is 9.09. The molecule has 0 aliphatic carbocycles. The summed E-state index contributed by atoms with van der Waals surface area (Å²) in [5, 5.41) is 0.950. The SMILES string of the molecule is COC(=O)c1cc(CCl)cc(CCCBr)c1. The molecule has 2 nitrogen and oxygen atoms in total. The number of ether oxygens (including phenoxy) is 1. The Morgan fingerprint density at radius 1 is 1.38 bits per heavy atom. The van der Waals surface area contributed by atoms with Crippen LogP contribution < -0.4 is 0 Å². The van der Waals surface area contributed by atoms with Gasteiger partial charge in [0.25, 0.3) is 0 Å². The number of rotatable bonds is 5. The maximum Gasteiger partial charge on any atom is 0.337 e. The number of hydrogen-bond donors (Lipinski definition) is 0. The molecule has 0 amide bonds. The van der Waals surface area contributed by atoms with E-state index in [1.807, 2.05) is 12.1 Å². The zero-order chi connectivity index (χ0) is 12.0. The lowest BCUT2D eigenvalue weighted by molar-refractivity contribution is 0.0600. The van der Waals surface area contributed by atoms with Gasteiger partial charge in [0, 0.05) is 11.2 Å².